The lowest BCUT2D eigenvalue weighted by Gasteiger charge is -2.33. The van der Waals surface area contributed by atoms with Crippen LogP contribution in [0.2, 0.25) is 10.0 Å². The first-order valence-corrected chi connectivity index (χ1v) is 11.3. The number of halogens is 2. The van der Waals surface area contributed by atoms with Crippen molar-refractivity contribution >= 4 is 35.0 Å². The highest BCUT2D eigenvalue weighted by atomic mass is 35.5. The summed E-state index contributed by atoms with van der Waals surface area (Å²) >= 11 is 12.2. The second-order valence-electron chi connectivity index (χ2n) is 9.03. The lowest BCUT2D eigenvalue weighted by molar-refractivity contribution is -0.141. The molecule has 0 aliphatic heterocycles. The largest absolute Gasteiger partial charge is 0.350 e. The minimum absolute atomic E-state index is 0.106. The zero-order valence-electron chi connectivity index (χ0n) is 19.2. The van der Waals surface area contributed by atoms with Crippen molar-refractivity contribution in [1.29, 1.82) is 0 Å². The summed E-state index contributed by atoms with van der Waals surface area (Å²) in [5, 5.41) is 3.89. The van der Waals surface area contributed by atoms with Crippen molar-refractivity contribution in [3.05, 3.63) is 68.7 Å². The van der Waals surface area contributed by atoms with Crippen LogP contribution in [0.1, 0.15) is 56.4 Å². The summed E-state index contributed by atoms with van der Waals surface area (Å²) in [6.45, 7) is 12.0. The van der Waals surface area contributed by atoms with Gasteiger partial charge < -0.3 is 10.2 Å². The van der Waals surface area contributed by atoms with Crippen LogP contribution in [0.4, 0.5) is 0 Å². The summed E-state index contributed by atoms with van der Waals surface area (Å²) in [6, 6.07) is 10.7. The van der Waals surface area contributed by atoms with Crippen molar-refractivity contribution in [2.45, 2.75) is 72.5 Å². The molecule has 31 heavy (non-hydrogen) atoms. The molecular formula is C25H32Cl2N2O2. The Hall–Kier alpha value is -2.04. The van der Waals surface area contributed by atoms with Crippen LogP contribution in [0.5, 0.6) is 0 Å². The number of carbonyl (C=O) groups is 2. The quantitative estimate of drug-likeness (QED) is 0.558. The third kappa shape index (κ3) is 7.26. The Balaban J connectivity index is 2.36. The molecule has 1 atom stereocenters. The lowest BCUT2D eigenvalue weighted by Crippen LogP contribution is -2.53. The summed E-state index contributed by atoms with van der Waals surface area (Å²) in [5.74, 6) is -0.270. The molecule has 1 N–H and O–H groups in total. The fourth-order valence-corrected chi connectivity index (χ4v) is 3.72. The van der Waals surface area contributed by atoms with E-state index in [0.717, 1.165) is 16.7 Å². The van der Waals surface area contributed by atoms with E-state index in [9.17, 15) is 9.59 Å². The van der Waals surface area contributed by atoms with Crippen LogP contribution in [-0.4, -0.2) is 28.3 Å². The van der Waals surface area contributed by atoms with E-state index in [1.54, 1.807) is 17.0 Å². The molecule has 6 heteroatoms. The minimum Gasteiger partial charge on any atom is -0.350 e. The number of amides is 2. The Labute approximate surface area is 195 Å². The smallest absolute Gasteiger partial charge is 0.243 e. The van der Waals surface area contributed by atoms with Gasteiger partial charge >= 0.3 is 0 Å². The minimum atomic E-state index is -0.590. The third-order valence-electron chi connectivity index (χ3n) is 5.15. The number of benzene rings is 2. The maximum Gasteiger partial charge on any atom is 0.243 e. The first-order chi connectivity index (χ1) is 14.4. The van der Waals surface area contributed by atoms with E-state index >= 15 is 0 Å². The molecule has 0 saturated heterocycles. The summed E-state index contributed by atoms with van der Waals surface area (Å²) < 4.78 is 0. The van der Waals surface area contributed by atoms with Gasteiger partial charge in [0.05, 0.1) is 16.5 Å². The second-order valence-corrected chi connectivity index (χ2v) is 9.84. The maximum absolute atomic E-state index is 13.4. The van der Waals surface area contributed by atoms with Crippen LogP contribution in [-0.2, 0) is 22.6 Å². The molecule has 2 amide bonds. The molecule has 0 fully saturated rings. The van der Waals surface area contributed by atoms with Crippen molar-refractivity contribution in [3.8, 4) is 0 Å². The van der Waals surface area contributed by atoms with Crippen molar-refractivity contribution in [1.82, 2.24) is 10.2 Å². The summed E-state index contributed by atoms with van der Waals surface area (Å²) in [4.78, 5) is 28.1. The number of nitrogens with zero attached hydrogens (tertiary/aromatic N) is 1. The molecule has 0 saturated carbocycles. The van der Waals surface area contributed by atoms with Gasteiger partial charge in [-0.25, -0.2) is 0 Å². The number of rotatable bonds is 7. The average molecular weight is 463 g/mol. The van der Waals surface area contributed by atoms with Crippen molar-refractivity contribution in [3.63, 3.8) is 0 Å². The van der Waals surface area contributed by atoms with Gasteiger partial charge in [-0.15, -0.1) is 0 Å². The molecule has 0 aliphatic rings. The van der Waals surface area contributed by atoms with E-state index < -0.39 is 11.6 Å². The standard InChI is InChI=1S/C25H32Cl2N2O2/c1-7-22(24(31)28-25(4,5)6)29(15-19-10-11-20(26)21(27)13-19)23(30)14-18-9-8-16(2)17(3)12-18/h8-13,22H,7,14-15H2,1-6H3,(H,28,31)/t22-/m0/s1. The topological polar surface area (TPSA) is 49.4 Å². The van der Waals surface area contributed by atoms with Gasteiger partial charge in [-0.1, -0.05) is 54.4 Å². The molecule has 0 radical (unpaired) electrons. The van der Waals surface area contributed by atoms with Crippen molar-refractivity contribution < 1.29 is 9.59 Å². The van der Waals surface area contributed by atoms with Gasteiger partial charge in [0.15, 0.2) is 0 Å². The Bertz CT molecular complexity index is 951. The predicted octanol–water partition coefficient (Wildman–Crippen LogP) is 5.87. The first-order valence-electron chi connectivity index (χ1n) is 10.5. The third-order valence-corrected chi connectivity index (χ3v) is 5.89. The van der Waals surface area contributed by atoms with E-state index in [0.29, 0.717) is 16.5 Å². The van der Waals surface area contributed by atoms with Crippen molar-refractivity contribution in [2.75, 3.05) is 0 Å². The summed E-state index contributed by atoms with van der Waals surface area (Å²) in [6.07, 6.45) is 0.726. The molecule has 0 heterocycles. The fourth-order valence-electron chi connectivity index (χ4n) is 3.40. The Morgan fingerprint density at radius 2 is 1.61 bits per heavy atom. The van der Waals surface area contributed by atoms with Crippen LogP contribution in [0.3, 0.4) is 0 Å². The highest BCUT2D eigenvalue weighted by molar-refractivity contribution is 6.42. The normalized spacial score (nSPS) is 12.4. The van der Waals surface area contributed by atoms with Gasteiger partial charge in [-0.05, 0) is 75.4 Å². The van der Waals surface area contributed by atoms with Crippen LogP contribution in [0.15, 0.2) is 36.4 Å². The molecule has 0 unspecified atom stereocenters. The molecule has 0 aliphatic carbocycles. The maximum atomic E-state index is 13.4. The van der Waals surface area contributed by atoms with E-state index in [4.69, 9.17) is 23.2 Å². The molecule has 168 valence electrons. The number of hydrogen-bond acceptors (Lipinski definition) is 2. The van der Waals surface area contributed by atoms with E-state index in [1.165, 1.54) is 5.56 Å². The Morgan fingerprint density at radius 3 is 2.16 bits per heavy atom. The molecule has 0 bridgehead atoms. The summed E-state index contributed by atoms with van der Waals surface area (Å²) in [5.41, 5.74) is 3.68. The number of aryl methyl sites for hydroxylation is 2. The first kappa shape index (κ1) is 25.2. The van der Waals surface area contributed by atoms with Gasteiger partial charge in [-0.3, -0.25) is 9.59 Å². The molecule has 4 nitrogen and oxygen atoms in total. The monoisotopic (exact) mass is 462 g/mol. The molecule has 2 aromatic carbocycles. The highest BCUT2D eigenvalue weighted by Gasteiger charge is 2.30. The molecular weight excluding hydrogens is 431 g/mol. The van der Waals surface area contributed by atoms with Gasteiger partial charge in [0.2, 0.25) is 11.8 Å². The van der Waals surface area contributed by atoms with Gasteiger partial charge in [0.25, 0.3) is 0 Å². The van der Waals surface area contributed by atoms with Gasteiger partial charge in [0.1, 0.15) is 6.04 Å². The van der Waals surface area contributed by atoms with Gasteiger partial charge in [-0.2, -0.15) is 0 Å². The Morgan fingerprint density at radius 1 is 0.968 bits per heavy atom. The lowest BCUT2D eigenvalue weighted by atomic mass is 10.0. The zero-order valence-corrected chi connectivity index (χ0v) is 20.7. The molecule has 0 spiro atoms. The van der Waals surface area contributed by atoms with Crippen LogP contribution in [0, 0.1) is 13.8 Å². The predicted molar refractivity (Wildman–Crippen MR) is 129 cm³/mol. The van der Waals surface area contributed by atoms with E-state index in [2.05, 4.69) is 5.32 Å². The highest BCUT2D eigenvalue weighted by Crippen LogP contribution is 2.24. The summed E-state index contributed by atoms with van der Waals surface area (Å²) in [7, 11) is 0. The van der Waals surface area contributed by atoms with E-state index in [-0.39, 0.29) is 24.8 Å². The van der Waals surface area contributed by atoms with Crippen LogP contribution < -0.4 is 5.32 Å². The van der Waals surface area contributed by atoms with Crippen LogP contribution >= 0.6 is 23.2 Å². The molecule has 0 aromatic heterocycles. The average Bonchev–Trinajstić information content (AvgIpc) is 2.66. The van der Waals surface area contributed by atoms with Gasteiger partial charge in [0, 0.05) is 12.1 Å². The number of hydrogen-bond donors (Lipinski definition) is 1. The number of carbonyl (C=O) groups excluding carboxylic acids is 2. The van der Waals surface area contributed by atoms with Crippen LogP contribution in [0.25, 0.3) is 0 Å². The fraction of sp³-hybridized carbons (Fsp3) is 0.440. The second kappa shape index (κ2) is 10.5. The number of nitrogens with one attached hydrogen (secondary N) is 1. The SMILES string of the molecule is CC[C@@H](C(=O)NC(C)(C)C)N(Cc1ccc(Cl)c(Cl)c1)C(=O)Cc1ccc(C)c(C)c1. The zero-order chi connectivity index (χ0) is 23.3. The molecule has 2 aromatic rings. The Kier molecular flexibility index (Phi) is 8.56. The molecule has 2 rings (SSSR count). The van der Waals surface area contributed by atoms with E-state index in [1.807, 2.05) is 65.8 Å². The van der Waals surface area contributed by atoms with Crippen molar-refractivity contribution in [2.24, 2.45) is 0 Å².